The summed E-state index contributed by atoms with van der Waals surface area (Å²) in [4.78, 5) is 9.60. The molecule has 0 heterocycles. The van der Waals surface area contributed by atoms with Crippen molar-refractivity contribution < 1.29 is 20.1 Å². The largest absolute Gasteiger partial charge is 0.481 e. The zero-order valence-electron chi connectivity index (χ0n) is 6.66. The summed E-state index contributed by atoms with van der Waals surface area (Å²) in [6, 6.07) is 0. The van der Waals surface area contributed by atoms with E-state index in [4.69, 9.17) is 15.3 Å². The molecule has 0 saturated heterocycles. The molecule has 4 heteroatoms. The number of aliphatic hydroxyl groups excluding tert-OH is 2. The van der Waals surface area contributed by atoms with Crippen molar-refractivity contribution in [3.05, 3.63) is 0 Å². The van der Waals surface area contributed by atoms with E-state index in [2.05, 4.69) is 0 Å². The molecule has 0 saturated carbocycles. The first-order valence-electron chi connectivity index (χ1n) is 2.88. The molecular formula is C6H16O4. The summed E-state index contributed by atoms with van der Waals surface area (Å²) < 4.78 is 0. The summed E-state index contributed by atoms with van der Waals surface area (Å²) >= 11 is 0. The Hall–Kier alpha value is -0.610. The molecule has 0 radical (unpaired) electrons. The van der Waals surface area contributed by atoms with Gasteiger partial charge in [-0.15, -0.1) is 0 Å². The van der Waals surface area contributed by atoms with Crippen LogP contribution in [-0.2, 0) is 4.79 Å². The predicted octanol–water partition coefficient (Wildman–Crippen LogP) is 0.0881. The van der Waals surface area contributed by atoms with E-state index >= 15 is 0 Å². The van der Waals surface area contributed by atoms with Crippen LogP contribution < -0.4 is 0 Å². The van der Waals surface area contributed by atoms with Gasteiger partial charge in [-0.3, -0.25) is 4.79 Å². The van der Waals surface area contributed by atoms with E-state index in [0.29, 0.717) is 6.42 Å². The summed E-state index contributed by atoms with van der Waals surface area (Å²) in [7, 11) is 2.00. The van der Waals surface area contributed by atoms with E-state index in [-0.39, 0.29) is 0 Å². The average Bonchev–Trinajstić information content (AvgIpc) is 1.96. The molecule has 0 spiro atoms. The minimum atomic E-state index is -0.711. The summed E-state index contributed by atoms with van der Waals surface area (Å²) in [6.07, 6.45) is 1.02. The number of carbonyl (C=O) groups is 1. The van der Waals surface area contributed by atoms with Crippen LogP contribution in [0.5, 0.6) is 0 Å². The van der Waals surface area contributed by atoms with Gasteiger partial charge in [0.15, 0.2) is 0 Å². The molecule has 0 bridgehead atoms. The fraction of sp³-hybridized carbons (Fsp3) is 0.833. The lowest BCUT2D eigenvalue weighted by Crippen LogP contribution is -1.90. The predicted molar refractivity (Wildman–Crippen MR) is 38.8 cm³/mol. The van der Waals surface area contributed by atoms with Crippen LogP contribution in [0.3, 0.4) is 0 Å². The topological polar surface area (TPSA) is 77.8 Å². The van der Waals surface area contributed by atoms with Gasteiger partial charge in [0.05, 0.1) is 0 Å². The van der Waals surface area contributed by atoms with Crippen molar-refractivity contribution in [2.24, 2.45) is 0 Å². The zero-order valence-corrected chi connectivity index (χ0v) is 6.66. The summed E-state index contributed by atoms with van der Waals surface area (Å²) in [5.74, 6) is -0.711. The van der Waals surface area contributed by atoms with Crippen molar-refractivity contribution in [2.45, 2.75) is 19.8 Å². The van der Waals surface area contributed by atoms with E-state index in [1.54, 1.807) is 0 Å². The Morgan fingerprint density at radius 2 is 1.50 bits per heavy atom. The van der Waals surface area contributed by atoms with Crippen LogP contribution in [0.2, 0.25) is 0 Å². The quantitative estimate of drug-likeness (QED) is 0.524. The van der Waals surface area contributed by atoms with E-state index in [1.807, 2.05) is 6.92 Å². The van der Waals surface area contributed by atoms with Gasteiger partial charge in [-0.2, -0.15) is 0 Å². The number of carboxylic acids is 1. The molecule has 0 aliphatic carbocycles. The van der Waals surface area contributed by atoms with Gasteiger partial charge in [0.1, 0.15) is 0 Å². The highest BCUT2D eigenvalue weighted by atomic mass is 16.4. The maximum absolute atomic E-state index is 9.60. The third kappa shape index (κ3) is 52.8. The molecule has 0 atom stereocenters. The Morgan fingerprint density at radius 3 is 1.50 bits per heavy atom. The Bertz CT molecular complexity index is 53.7. The normalized spacial score (nSPS) is 6.10. The van der Waals surface area contributed by atoms with Gasteiger partial charge in [0, 0.05) is 20.6 Å². The smallest absolute Gasteiger partial charge is 0.303 e. The first-order valence-corrected chi connectivity index (χ1v) is 2.88. The van der Waals surface area contributed by atoms with Crippen molar-refractivity contribution in [1.82, 2.24) is 0 Å². The van der Waals surface area contributed by atoms with E-state index in [9.17, 15) is 4.79 Å². The van der Waals surface area contributed by atoms with Crippen molar-refractivity contribution in [1.29, 1.82) is 0 Å². The Morgan fingerprint density at radius 1 is 1.20 bits per heavy atom. The van der Waals surface area contributed by atoms with Crippen LogP contribution in [0, 0.1) is 0 Å². The van der Waals surface area contributed by atoms with Gasteiger partial charge in [0.2, 0.25) is 0 Å². The minimum Gasteiger partial charge on any atom is -0.481 e. The van der Waals surface area contributed by atoms with Gasteiger partial charge in [-0.05, 0) is 6.42 Å². The van der Waals surface area contributed by atoms with Gasteiger partial charge in [-0.25, -0.2) is 0 Å². The number of carboxylic acid groups (broad SMARTS) is 1. The van der Waals surface area contributed by atoms with Gasteiger partial charge in [-0.1, -0.05) is 6.92 Å². The van der Waals surface area contributed by atoms with Crippen LogP contribution in [-0.4, -0.2) is 35.5 Å². The lowest BCUT2D eigenvalue weighted by atomic mass is 10.4. The maximum atomic E-state index is 9.60. The summed E-state index contributed by atoms with van der Waals surface area (Å²) in [5, 5.41) is 21.9. The lowest BCUT2D eigenvalue weighted by Gasteiger charge is -1.79. The van der Waals surface area contributed by atoms with Crippen molar-refractivity contribution in [3.8, 4) is 0 Å². The fourth-order valence-electron chi connectivity index (χ4n) is 0.214. The molecule has 0 aliphatic rings. The molecule has 4 nitrogen and oxygen atoms in total. The van der Waals surface area contributed by atoms with Gasteiger partial charge >= 0.3 is 5.97 Å². The highest BCUT2D eigenvalue weighted by Gasteiger charge is 1.87. The highest BCUT2D eigenvalue weighted by Crippen LogP contribution is 1.82. The molecular weight excluding hydrogens is 136 g/mol. The first-order chi connectivity index (χ1) is 4.77. The molecule has 64 valence electrons. The molecule has 0 unspecified atom stereocenters. The van der Waals surface area contributed by atoms with Crippen molar-refractivity contribution in [2.75, 3.05) is 14.2 Å². The summed E-state index contributed by atoms with van der Waals surface area (Å²) in [5.41, 5.74) is 0. The summed E-state index contributed by atoms with van der Waals surface area (Å²) in [6.45, 7) is 1.84. The molecule has 0 aromatic carbocycles. The monoisotopic (exact) mass is 152 g/mol. The van der Waals surface area contributed by atoms with Gasteiger partial charge in [0.25, 0.3) is 0 Å². The second kappa shape index (κ2) is 23.8. The third-order valence-corrected chi connectivity index (χ3v) is 0.464. The standard InChI is InChI=1S/C4H8O2.2CH4O/c1-2-3-4(5)6;2*1-2/h2-3H2,1H3,(H,5,6);2*2H,1H3. The number of aliphatic carboxylic acids is 1. The first kappa shape index (κ1) is 16.2. The molecule has 0 aromatic rings. The number of rotatable bonds is 2. The van der Waals surface area contributed by atoms with E-state index < -0.39 is 5.97 Å². The molecule has 0 rings (SSSR count). The molecule has 0 amide bonds. The van der Waals surface area contributed by atoms with Crippen molar-refractivity contribution in [3.63, 3.8) is 0 Å². The minimum absolute atomic E-state index is 0.292. The molecule has 10 heavy (non-hydrogen) atoms. The molecule has 3 N–H and O–H groups in total. The second-order valence-corrected chi connectivity index (χ2v) is 1.14. The van der Waals surface area contributed by atoms with Crippen LogP contribution in [0.4, 0.5) is 0 Å². The maximum Gasteiger partial charge on any atom is 0.303 e. The second-order valence-electron chi connectivity index (χ2n) is 1.14. The van der Waals surface area contributed by atoms with Gasteiger partial charge < -0.3 is 15.3 Å². The molecule has 0 fully saturated rings. The number of hydrogen-bond acceptors (Lipinski definition) is 3. The SMILES string of the molecule is CCCC(=O)O.CO.CO. The zero-order chi connectivity index (χ0) is 8.99. The van der Waals surface area contributed by atoms with Crippen LogP contribution in [0.1, 0.15) is 19.8 Å². The van der Waals surface area contributed by atoms with Crippen LogP contribution in [0.15, 0.2) is 0 Å². The fourth-order valence-corrected chi connectivity index (χ4v) is 0.214. The van der Waals surface area contributed by atoms with Crippen molar-refractivity contribution >= 4 is 5.97 Å². The lowest BCUT2D eigenvalue weighted by molar-refractivity contribution is -0.137. The Labute approximate surface area is 61.1 Å². The Kier molecular flexibility index (Phi) is 38.5. The average molecular weight is 152 g/mol. The Balaban J connectivity index is -0.000000105. The van der Waals surface area contributed by atoms with E-state index in [1.165, 1.54) is 0 Å². The number of hydrogen-bond donors (Lipinski definition) is 3. The highest BCUT2D eigenvalue weighted by molar-refractivity contribution is 5.66. The number of aliphatic hydroxyl groups is 2. The molecule has 0 aromatic heterocycles. The third-order valence-electron chi connectivity index (χ3n) is 0.464. The van der Waals surface area contributed by atoms with Crippen LogP contribution in [0.25, 0.3) is 0 Å². The van der Waals surface area contributed by atoms with E-state index in [0.717, 1.165) is 20.6 Å². The van der Waals surface area contributed by atoms with Crippen LogP contribution >= 0.6 is 0 Å². The molecule has 0 aliphatic heterocycles.